The lowest BCUT2D eigenvalue weighted by Crippen LogP contribution is -2.43. The van der Waals surface area contributed by atoms with Crippen LogP contribution in [0.3, 0.4) is 0 Å². The lowest BCUT2D eigenvalue weighted by atomic mass is 9.88. The molecule has 25 heavy (non-hydrogen) atoms. The van der Waals surface area contributed by atoms with Gasteiger partial charge in [0.05, 0.1) is 17.6 Å². The molecule has 0 atom stereocenters. The number of carbonyl (C=O) groups is 2. The van der Waals surface area contributed by atoms with Crippen molar-refractivity contribution in [3.8, 4) is 0 Å². The Morgan fingerprint density at radius 1 is 1.24 bits per heavy atom. The summed E-state index contributed by atoms with van der Waals surface area (Å²) < 4.78 is 0. The van der Waals surface area contributed by atoms with E-state index in [1.54, 1.807) is 4.90 Å². The summed E-state index contributed by atoms with van der Waals surface area (Å²) >= 11 is 0. The maximum Gasteiger partial charge on any atom is 0.255 e. The van der Waals surface area contributed by atoms with E-state index in [1.807, 2.05) is 39.0 Å². The average Bonchev–Trinajstić information content (AvgIpc) is 2.56. The molecule has 0 spiro atoms. The van der Waals surface area contributed by atoms with E-state index < -0.39 is 5.91 Å². The van der Waals surface area contributed by atoms with Gasteiger partial charge in [0.2, 0.25) is 5.91 Å². The molecule has 1 aliphatic carbocycles. The van der Waals surface area contributed by atoms with E-state index in [-0.39, 0.29) is 18.5 Å². The maximum absolute atomic E-state index is 13.4. The van der Waals surface area contributed by atoms with Crippen molar-refractivity contribution in [2.45, 2.75) is 52.5 Å². The second-order valence-electron chi connectivity index (χ2n) is 7.13. The third-order valence-electron chi connectivity index (χ3n) is 4.84. The Kier molecular flexibility index (Phi) is 4.75. The molecule has 132 valence electrons. The van der Waals surface area contributed by atoms with Crippen molar-refractivity contribution in [2.75, 3.05) is 6.54 Å². The van der Waals surface area contributed by atoms with E-state index in [0.29, 0.717) is 5.56 Å². The van der Waals surface area contributed by atoms with Gasteiger partial charge in [0.15, 0.2) is 0 Å². The number of fused-ring (bicyclic) bond motifs is 2. The van der Waals surface area contributed by atoms with E-state index in [9.17, 15) is 9.59 Å². The van der Waals surface area contributed by atoms with Crippen molar-refractivity contribution in [3.05, 3.63) is 40.6 Å². The Balaban J connectivity index is 2.23. The highest BCUT2D eigenvalue weighted by Crippen LogP contribution is 2.31. The van der Waals surface area contributed by atoms with E-state index in [1.165, 1.54) is 0 Å². The monoisotopic (exact) mass is 339 g/mol. The number of aryl methyl sites for hydroxylation is 2. The first-order valence-electron chi connectivity index (χ1n) is 8.90. The third-order valence-corrected chi connectivity index (χ3v) is 4.84. The molecule has 3 rings (SSSR count). The average molecular weight is 339 g/mol. The molecule has 0 saturated heterocycles. The van der Waals surface area contributed by atoms with Crippen LogP contribution in [-0.4, -0.2) is 34.3 Å². The number of aromatic nitrogens is 1. The van der Waals surface area contributed by atoms with Crippen molar-refractivity contribution < 1.29 is 9.59 Å². The van der Waals surface area contributed by atoms with Crippen LogP contribution in [-0.2, 0) is 17.6 Å². The number of rotatable bonds is 4. The number of primary amides is 1. The summed E-state index contributed by atoms with van der Waals surface area (Å²) in [6, 6.07) is 5.91. The number of carbonyl (C=O) groups excluding carboxylic acids is 2. The van der Waals surface area contributed by atoms with Crippen molar-refractivity contribution >= 4 is 22.7 Å². The minimum absolute atomic E-state index is 0.0685. The molecule has 2 aromatic rings. The standard InChI is InChI=1S/C20H25N3O2/c1-12(2)23(11-18(21)24)20(25)19-14-6-4-5-7-16(14)22-17-9-8-13(3)10-15(17)19/h8-10,12H,4-7,11H2,1-3H3,(H2,21,24). The normalized spacial score (nSPS) is 13.8. The minimum atomic E-state index is -0.495. The van der Waals surface area contributed by atoms with E-state index >= 15 is 0 Å². The number of nitrogens with two attached hydrogens (primary N) is 1. The van der Waals surface area contributed by atoms with Gasteiger partial charge in [-0.3, -0.25) is 14.6 Å². The molecule has 1 aromatic heterocycles. The summed E-state index contributed by atoms with van der Waals surface area (Å²) in [5.74, 6) is -0.615. The summed E-state index contributed by atoms with van der Waals surface area (Å²) in [7, 11) is 0. The van der Waals surface area contributed by atoms with Gasteiger partial charge in [0.25, 0.3) is 5.91 Å². The van der Waals surface area contributed by atoms with E-state index in [0.717, 1.165) is 53.4 Å². The van der Waals surface area contributed by atoms with Crippen LogP contribution in [0.25, 0.3) is 10.9 Å². The molecule has 0 unspecified atom stereocenters. The summed E-state index contributed by atoms with van der Waals surface area (Å²) in [5.41, 5.74) is 10.1. The Bertz CT molecular complexity index is 842. The number of hydrogen-bond donors (Lipinski definition) is 1. The molecule has 0 radical (unpaired) electrons. The Labute approximate surface area is 148 Å². The van der Waals surface area contributed by atoms with Crippen molar-refractivity contribution in [1.29, 1.82) is 0 Å². The fourth-order valence-electron chi connectivity index (χ4n) is 3.58. The smallest absolute Gasteiger partial charge is 0.255 e. The highest BCUT2D eigenvalue weighted by Gasteiger charge is 2.28. The molecule has 1 aliphatic rings. The fraction of sp³-hybridized carbons (Fsp3) is 0.450. The number of pyridine rings is 1. The zero-order valence-electron chi connectivity index (χ0n) is 15.1. The summed E-state index contributed by atoms with van der Waals surface area (Å²) in [4.78, 5) is 31.2. The number of amides is 2. The van der Waals surface area contributed by atoms with Gasteiger partial charge in [-0.1, -0.05) is 11.6 Å². The van der Waals surface area contributed by atoms with Crippen molar-refractivity contribution in [1.82, 2.24) is 9.88 Å². The molecule has 0 aliphatic heterocycles. The van der Waals surface area contributed by atoms with Crippen LogP contribution >= 0.6 is 0 Å². The number of benzene rings is 1. The zero-order valence-corrected chi connectivity index (χ0v) is 15.1. The molecule has 0 saturated carbocycles. The Morgan fingerprint density at radius 2 is 1.96 bits per heavy atom. The zero-order chi connectivity index (χ0) is 18.1. The van der Waals surface area contributed by atoms with Crippen LogP contribution in [0.4, 0.5) is 0 Å². The first-order chi connectivity index (χ1) is 11.9. The fourth-order valence-corrected chi connectivity index (χ4v) is 3.58. The number of hydrogen-bond acceptors (Lipinski definition) is 3. The van der Waals surface area contributed by atoms with Crippen LogP contribution in [0.15, 0.2) is 18.2 Å². The molecule has 1 aromatic carbocycles. The molecule has 5 heteroatoms. The molecule has 1 heterocycles. The molecule has 0 fully saturated rings. The predicted octanol–water partition coefficient (Wildman–Crippen LogP) is 2.76. The first-order valence-corrected chi connectivity index (χ1v) is 8.90. The molecule has 2 N–H and O–H groups in total. The van der Waals surface area contributed by atoms with Crippen molar-refractivity contribution in [2.24, 2.45) is 5.73 Å². The Morgan fingerprint density at radius 3 is 2.64 bits per heavy atom. The van der Waals surface area contributed by atoms with Gasteiger partial charge in [-0.05, 0) is 64.2 Å². The minimum Gasteiger partial charge on any atom is -0.368 e. The lowest BCUT2D eigenvalue weighted by molar-refractivity contribution is -0.119. The SMILES string of the molecule is Cc1ccc2nc3c(c(C(=O)N(CC(N)=O)C(C)C)c2c1)CCCC3. The van der Waals surface area contributed by atoms with E-state index in [4.69, 9.17) is 10.7 Å². The van der Waals surface area contributed by atoms with Gasteiger partial charge < -0.3 is 10.6 Å². The predicted molar refractivity (Wildman–Crippen MR) is 98.5 cm³/mol. The maximum atomic E-state index is 13.4. The van der Waals surface area contributed by atoms with Crippen LogP contribution < -0.4 is 5.73 Å². The van der Waals surface area contributed by atoms with Gasteiger partial charge in [0, 0.05) is 17.1 Å². The quantitative estimate of drug-likeness (QED) is 0.930. The second kappa shape index (κ2) is 6.82. The van der Waals surface area contributed by atoms with Gasteiger partial charge in [-0.25, -0.2) is 0 Å². The first kappa shape index (κ1) is 17.4. The van der Waals surface area contributed by atoms with E-state index in [2.05, 4.69) is 0 Å². The largest absolute Gasteiger partial charge is 0.368 e. The summed E-state index contributed by atoms with van der Waals surface area (Å²) in [5, 5.41) is 0.876. The summed E-state index contributed by atoms with van der Waals surface area (Å²) in [6.07, 6.45) is 3.91. The Hall–Kier alpha value is -2.43. The third kappa shape index (κ3) is 3.36. The number of nitrogens with zero attached hydrogens (tertiary/aromatic N) is 2. The highest BCUT2D eigenvalue weighted by molar-refractivity contribution is 6.08. The molecule has 2 amide bonds. The van der Waals surface area contributed by atoms with Crippen LogP contribution in [0.5, 0.6) is 0 Å². The van der Waals surface area contributed by atoms with Crippen LogP contribution in [0, 0.1) is 6.92 Å². The highest BCUT2D eigenvalue weighted by atomic mass is 16.2. The van der Waals surface area contributed by atoms with Gasteiger partial charge in [0.1, 0.15) is 0 Å². The van der Waals surface area contributed by atoms with Crippen molar-refractivity contribution in [3.63, 3.8) is 0 Å². The van der Waals surface area contributed by atoms with Gasteiger partial charge in [-0.2, -0.15) is 0 Å². The molecule has 5 nitrogen and oxygen atoms in total. The van der Waals surface area contributed by atoms with Gasteiger partial charge >= 0.3 is 0 Å². The van der Waals surface area contributed by atoms with Crippen LogP contribution in [0.1, 0.15) is 53.9 Å². The molecular formula is C20H25N3O2. The molecule has 0 bridgehead atoms. The lowest BCUT2D eigenvalue weighted by Gasteiger charge is -2.28. The van der Waals surface area contributed by atoms with Gasteiger partial charge in [-0.15, -0.1) is 0 Å². The topological polar surface area (TPSA) is 76.3 Å². The second-order valence-corrected chi connectivity index (χ2v) is 7.13. The van der Waals surface area contributed by atoms with Crippen LogP contribution in [0.2, 0.25) is 0 Å². The summed E-state index contributed by atoms with van der Waals surface area (Å²) in [6.45, 7) is 5.75. The molecular weight excluding hydrogens is 314 g/mol.